The van der Waals surface area contributed by atoms with Crippen LogP contribution in [0.2, 0.25) is 0 Å². The first kappa shape index (κ1) is 14.8. The van der Waals surface area contributed by atoms with Gasteiger partial charge in [-0.05, 0) is 41.3 Å². The molecule has 0 aromatic carbocycles. The zero-order valence-corrected chi connectivity index (χ0v) is 12.7. The van der Waals surface area contributed by atoms with E-state index < -0.39 is 11.9 Å². The molecule has 0 N–H and O–H groups in total. The van der Waals surface area contributed by atoms with Crippen molar-refractivity contribution >= 4 is 28.4 Å². The van der Waals surface area contributed by atoms with Crippen LogP contribution in [0.25, 0.3) is 0 Å². The quantitative estimate of drug-likeness (QED) is 0.731. The van der Waals surface area contributed by atoms with Gasteiger partial charge >= 0.3 is 6.18 Å². The zero-order chi connectivity index (χ0) is 14.0. The smallest absolute Gasteiger partial charge is 0.354 e. The third kappa shape index (κ3) is 3.71. The minimum atomic E-state index is -4.39. The molecule has 1 aromatic rings. The Balaban J connectivity index is 2.19. The molecule has 19 heavy (non-hydrogen) atoms. The number of nitrogens with zero attached hydrogens (tertiary/aromatic N) is 3. The Bertz CT molecular complexity index is 442. The maximum absolute atomic E-state index is 12.7. The maximum atomic E-state index is 12.7. The van der Waals surface area contributed by atoms with Gasteiger partial charge in [-0.2, -0.15) is 13.2 Å². The number of rotatable bonds is 2. The Labute approximate surface area is 123 Å². The van der Waals surface area contributed by atoms with Crippen molar-refractivity contribution in [3.63, 3.8) is 0 Å². The Morgan fingerprint density at radius 1 is 1.21 bits per heavy atom. The minimum absolute atomic E-state index is 0.426. The number of pyridine rings is 1. The van der Waals surface area contributed by atoms with Crippen LogP contribution in [0.4, 0.5) is 19.0 Å². The van der Waals surface area contributed by atoms with E-state index in [0.717, 1.165) is 38.8 Å². The largest absolute Gasteiger partial charge is 0.433 e. The van der Waals surface area contributed by atoms with Crippen molar-refractivity contribution in [1.82, 2.24) is 9.88 Å². The molecule has 0 bridgehead atoms. The van der Waals surface area contributed by atoms with E-state index in [2.05, 4.69) is 16.8 Å². The van der Waals surface area contributed by atoms with Gasteiger partial charge in [-0.15, -0.1) is 0 Å². The van der Waals surface area contributed by atoms with Crippen LogP contribution in [0.3, 0.4) is 0 Å². The van der Waals surface area contributed by atoms with Crippen LogP contribution in [0.15, 0.2) is 12.1 Å². The van der Waals surface area contributed by atoms with Crippen LogP contribution in [0, 0.1) is 3.57 Å². The van der Waals surface area contributed by atoms with E-state index in [1.54, 1.807) is 6.07 Å². The molecule has 1 aliphatic heterocycles. The molecule has 0 spiro atoms. The number of halogens is 4. The molecule has 0 amide bonds. The van der Waals surface area contributed by atoms with Gasteiger partial charge < -0.3 is 9.80 Å². The second-order valence-electron chi connectivity index (χ2n) is 4.45. The van der Waals surface area contributed by atoms with Gasteiger partial charge in [-0.3, -0.25) is 0 Å². The van der Waals surface area contributed by atoms with Gasteiger partial charge in [0.15, 0.2) is 0 Å². The highest BCUT2D eigenvalue weighted by atomic mass is 127. The summed E-state index contributed by atoms with van der Waals surface area (Å²) in [6.07, 6.45) is -4.39. The number of piperazine rings is 1. The SMILES string of the molecule is CCN1CCN(c2cc(I)cc(C(F)(F)F)n2)CC1. The predicted octanol–water partition coefficient (Wildman–Crippen LogP) is 2.85. The van der Waals surface area contributed by atoms with Crippen LogP contribution >= 0.6 is 22.6 Å². The maximum Gasteiger partial charge on any atom is 0.433 e. The molecule has 2 rings (SSSR count). The standard InChI is InChI=1S/C12H15F3IN3/c1-2-18-3-5-19(6-4-18)11-8-9(16)7-10(17-11)12(13,14)15/h7-8H,2-6H2,1H3. The average Bonchev–Trinajstić information content (AvgIpc) is 2.37. The topological polar surface area (TPSA) is 19.4 Å². The van der Waals surface area contributed by atoms with Crippen molar-refractivity contribution in [3.05, 3.63) is 21.4 Å². The molecule has 2 heterocycles. The molecule has 0 saturated carbocycles. The molecule has 7 heteroatoms. The van der Waals surface area contributed by atoms with Crippen molar-refractivity contribution < 1.29 is 13.2 Å². The first-order valence-corrected chi connectivity index (χ1v) is 7.20. The van der Waals surface area contributed by atoms with Gasteiger partial charge in [-0.1, -0.05) is 6.92 Å². The Morgan fingerprint density at radius 3 is 2.37 bits per heavy atom. The minimum Gasteiger partial charge on any atom is -0.354 e. The van der Waals surface area contributed by atoms with Crippen molar-refractivity contribution in [2.24, 2.45) is 0 Å². The van der Waals surface area contributed by atoms with Crippen LogP contribution in [-0.2, 0) is 6.18 Å². The summed E-state index contributed by atoms with van der Waals surface area (Å²) in [6, 6.07) is 2.78. The number of alkyl halides is 3. The van der Waals surface area contributed by atoms with Crippen LogP contribution in [0.5, 0.6) is 0 Å². The number of likely N-dealkylation sites (N-methyl/N-ethyl adjacent to an activating group) is 1. The second kappa shape index (κ2) is 5.82. The van der Waals surface area contributed by atoms with E-state index in [0.29, 0.717) is 9.39 Å². The summed E-state index contributed by atoms with van der Waals surface area (Å²) < 4.78 is 38.8. The third-order valence-corrected chi connectivity index (χ3v) is 3.83. The van der Waals surface area contributed by atoms with Crippen LogP contribution in [-0.4, -0.2) is 42.6 Å². The lowest BCUT2D eigenvalue weighted by Gasteiger charge is -2.35. The van der Waals surface area contributed by atoms with E-state index in [9.17, 15) is 13.2 Å². The van der Waals surface area contributed by atoms with Crippen LogP contribution in [0.1, 0.15) is 12.6 Å². The number of aromatic nitrogens is 1. The lowest BCUT2D eigenvalue weighted by atomic mass is 10.3. The summed E-state index contributed by atoms with van der Waals surface area (Å²) in [5.74, 6) is 0.426. The van der Waals surface area contributed by atoms with Gasteiger partial charge in [0.05, 0.1) is 0 Å². The number of hydrogen-bond donors (Lipinski definition) is 0. The molecule has 1 aliphatic rings. The Hall–Kier alpha value is -0.570. The normalized spacial score (nSPS) is 17.8. The molecular formula is C12H15F3IN3. The van der Waals surface area contributed by atoms with E-state index in [1.165, 1.54) is 0 Å². The lowest BCUT2D eigenvalue weighted by molar-refractivity contribution is -0.141. The molecule has 0 aliphatic carbocycles. The summed E-state index contributed by atoms with van der Waals surface area (Å²) in [5, 5.41) is 0. The molecule has 0 radical (unpaired) electrons. The molecule has 3 nitrogen and oxygen atoms in total. The van der Waals surface area contributed by atoms with Crippen LogP contribution < -0.4 is 4.90 Å². The fraction of sp³-hybridized carbons (Fsp3) is 0.583. The van der Waals surface area contributed by atoms with Gasteiger partial charge in [-0.25, -0.2) is 4.98 Å². The van der Waals surface area contributed by atoms with E-state index in [4.69, 9.17) is 0 Å². The fourth-order valence-corrected chi connectivity index (χ4v) is 2.66. The molecular weight excluding hydrogens is 370 g/mol. The van der Waals surface area contributed by atoms with Crippen molar-refractivity contribution in [1.29, 1.82) is 0 Å². The van der Waals surface area contributed by atoms with Crippen molar-refractivity contribution in [3.8, 4) is 0 Å². The van der Waals surface area contributed by atoms with E-state index in [1.807, 2.05) is 27.5 Å². The third-order valence-electron chi connectivity index (χ3n) is 3.21. The molecule has 1 aromatic heterocycles. The highest BCUT2D eigenvalue weighted by Gasteiger charge is 2.33. The van der Waals surface area contributed by atoms with Gasteiger partial charge in [0.2, 0.25) is 0 Å². The second-order valence-corrected chi connectivity index (χ2v) is 5.69. The lowest BCUT2D eigenvalue weighted by Crippen LogP contribution is -2.46. The highest BCUT2D eigenvalue weighted by Crippen LogP contribution is 2.30. The monoisotopic (exact) mass is 385 g/mol. The Kier molecular flexibility index (Phi) is 4.54. The molecule has 106 valence electrons. The van der Waals surface area contributed by atoms with Crippen molar-refractivity contribution in [2.45, 2.75) is 13.1 Å². The predicted molar refractivity (Wildman–Crippen MR) is 76.3 cm³/mol. The number of anilines is 1. The van der Waals surface area contributed by atoms with E-state index >= 15 is 0 Å². The highest BCUT2D eigenvalue weighted by molar-refractivity contribution is 14.1. The van der Waals surface area contributed by atoms with Gasteiger partial charge in [0, 0.05) is 29.7 Å². The fourth-order valence-electron chi connectivity index (χ4n) is 2.08. The average molecular weight is 385 g/mol. The summed E-state index contributed by atoms with van der Waals surface area (Å²) in [6.45, 7) is 6.23. The summed E-state index contributed by atoms with van der Waals surface area (Å²) in [7, 11) is 0. The zero-order valence-electron chi connectivity index (χ0n) is 10.5. The molecule has 0 atom stereocenters. The van der Waals surface area contributed by atoms with E-state index in [-0.39, 0.29) is 0 Å². The summed E-state index contributed by atoms with van der Waals surface area (Å²) in [5.41, 5.74) is -0.813. The molecule has 1 fully saturated rings. The Morgan fingerprint density at radius 2 is 1.84 bits per heavy atom. The van der Waals surface area contributed by atoms with Gasteiger partial charge in [0.25, 0.3) is 0 Å². The summed E-state index contributed by atoms with van der Waals surface area (Å²) in [4.78, 5) is 7.95. The molecule has 0 unspecified atom stereocenters. The summed E-state index contributed by atoms with van der Waals surface area (Å²) >= 11 is 1.90. The first-order valence-electron chi connectivity index (χ1n) is 6.12. The first-order chi connectivity index (χ1) is 8.90. The van der Waals surface area contributed by atoms with Crippen molar-refractivity contribution in [2.75, 3.05) is 37.6 Å². The molecule has 1 saturated heterocycles. The van der Waals surface area contributed by atoms with Gasteiger partial charge in [0.1, 0.15) is 11.5 Å². The number of hydrogen-bond acceptors (Lipinski definition) is 3.